The molecule has 1 fully saturated rings. The van der Waals surface area contributed by atoms with Crippen LogP contribution < -0.4 is 10.6 Å². The molecule has 118 valence electrons. The van der Waals surface area contributed by atoms with Gasteiger partial charge < -0.3 is 15.4 Å². The van der Waals surface area contributed by atoms with Crippen LogP contribution in [0.15, 0.2) is 0 Å². The fourth-order valence-corrected chi connectivity index (χ4v) is 3.43. The van der Waals surface area contributed by atoms with E-state index in [0.29, 0.717) is 6.61 Å². The number of ether oxygens (including phenoxy) is 1. The SMILES string of the molecule is COCC1(C(=O)NC(C)(C)CC(C)(C)C)CCNCC1. The topological polar surface area (TPSA) is 50.4 Å². The molecule has 20 heavy (non-hydrogen) atoms. The van der Waals surface area contributed by atoms with E-state index in [1.807, 2.05) is 0 Å². The Morgan fingerprint density at radius 2 is 1.75 bits per heavy atom. The van der Waals surface area contributed by atoms with Gasteiger partial charge in [-0.1, -0.05) is 20.8 Å². The highest BCUT2D eigenvalue weighted by atomic mass is 16.5. The monoisotopic (exact) mass is 284 g/mol. The van der Waals surface area contributed by atoms with E-state index in [2.05, 4.69) is 45.3 Å². The average molecular weight is 284 g/mol. The van der Waals surface area contributed by atoms with Crippen LogP contribution >= 0.6 is 0 Å². The lowest BCUT2D eigenvalue weighted by Gasteiger charge is -2.40. The molecule has 1 heterocycles. The molecule has 0 aromatic carbocycles. The normalized spacial score (nSPS) is 19.7. The summed E-state index contributed by atoms with van der Waals surface area (Å²) >= 11 is 0. The second-order valence-electron chi connectivity index (χ2n) is 8.04. The molecule has 4 nitrogen and oxygen atoms in total. The van der Waals surface area contributed by atoms with Gasteiger partial charge in [-0.05, 0) is 51.6 Å². The summed E-state index contributed by atoms with van der Waals surface area (Å²) in [6.45, 7) is 13.1. The molecule has 0 aliphatic carbocycles. The molecular weight excluding hydrogens is 252 g/mol. The predicted octanol–water partition coefficient (Wildman–Crippen LogP) is 2.33. The van der Waals surface area contributed by atoms with Crippen molar-refractivity contribution in [1.29, 1.82) is 0 Å². The predicted molar refractivity (Wildman–Crippen MR) is 82.7 cm³/mol. The highest BCUT2D eigenvalue weighted by molar-refractivity contribution is 5.83. The zero-order valence-corrected chi connectivity index (χ0v) is 14.1. The molecule has 0 radical (unpaired) electrons. The van der Waals surface area contributed by atoms with Gasteiger partial charge in [-0.25, -0.2) is 0 Å². The molecular formula is C16H32N2O2. The number of rotatable bonds is 5. The third-order valence-corrected chi connectivity index (χ3v) is 3.89. The van der Waals surface area contributed by atoms with Gasteiger partial charge in [-0.15, -0.1) is 0 Å². The van der Waals surface area contributed by atoms with Gasteiger partial charge in [0.1, 0.15) is 0 Å². The van der Waals surface area contributed by atoms with Crippen LogP contribution in [0.25, 0.3) is 0 Å². The second kappa shape index (κ2) is 6.44. The molecule has 1 aliphatic heterocycles. The first kappa shape index (κ1) is 17.4. The van der Waals surface area contributed by atoms with Crippen molar-refractivity contribution in [3.63, 3.8) is 0 Å². The molecule has 1 saturated heterocycles. The third-order valence-electron chi connectivity index (χ3n) is 3.89. The highest BCUT2D eigenvalue weighted by Gasteiger charge is 2.41. The first-order valence-corrected chi connectivity index (χ1v) is 7.63. The number of nitrogens with one attached hydrogen (secondary N) is 2. The summed E-state index contributed by atoms with van der Waals surface area (Å²) in [7, 11) is 1.68. The van der Waals surface area contributed by atoms with Gasteiger partial charge in [0.25, 0.3) is 0 Å². The Morgan fingerprint density at radius 3 is 2.20 bits per heavy atom. The first-order chi connectivity index (χ1) is 9.10. The van der Waals surface area contributed by atoms with Crippen LogP contribution in [0.5, 0.6) is 0 Å². The molecule has 1 aliphatic rings. The zero-order valence-electron chi connectivity index (χ0n) is 14.1. The standard InChI is InChI=1S/C16H32N2O2/c1-14(2,3)11-15(4,5)18-13(19)16(12-20-6)7-9-17-10-8-16/h17H,7-12H2,1-6H3,(H,18,19). The van der Waals surface area contributed by atoms with Gasteiger partial charge in [0.05, 0.1) is 12.0 Å². The molecule has 0 aromatic heterocycles. The van der Waals surface area contributed by atoms with Gasteiger partial charge in [0.2, 0.25) is 5.91 Å². The average Bonchev–Trinajstić information content (AvgIpc) is 2.26. The fraction of sp³-hybridized carbons (Fsp3) is 0.938. The van der Waals surface area contributed by atoms with Crippen molar-refractivity contribution in [1.82, 2.24) is 10.6 Å². The van der Waals surface area contributed by atoms with Gasteiger partial charge in [-0.3, -0.25) is 4.79 Å². The summed E-state index contributed by atoms with van der Waals surface area (Å²) < 4.78 is 5.33. The van der Waals surface area contributed by atoms with Crippen molar-refractivity contribution < 1.29 is 9.53 Å². The fourth-order valence-electron chi connectivity index (χ4n) is 3.43. The minimum atomic E-state index is -0.366. The van der Waals surface area contributed by atoms with Crippen molar-refractivity contribution >= 4 is 5.91 Å². The molecule has 1 rings (SSSR count). The molecule has 0 bridgehead atoms. The van der Waals surface area contributed by atoms with Crippen LogP contribution in [-0.2, 0) is 9.53 Å². The molecule has 0 aromatic rings. The third kappa shape index (κ3) is 5.06. The molecule has 0 atom stereocenters. The van der Waals surface area contributed by atoms with E-state index in [9.17, 15) is 4.79 Å². The van der Waals surface area contributed by atoms with E-state index in [0.717, 1.165) is 32.4 Å². The molecule has 0 unspecified atom stereocenters. The Labute approximate surface area is 124 Å². The second-order valence-corrected chi connectivity index (χ2v) is 8.04. The molecule has 4 heteroatoms. The van der Waals surface area contributed by atoms with Crippen LogP contribution in [0.3, 0.4) is 0 Å². The summed E-state index contributed by atoms with van der Waals surface area (Å²) in [5, 5.41) is 6.58. The Balaban J connectivity index is 2.75. The summed E-state index contributed by atoms with van der Waals surface area (Å²) in [6, 6.07) is 0. The largest absolute Gasteiger partial charge is 0.384 e. The van der Waals surface area contributed by atoms with Gasteiger partial charge in [0.15, 0.2) is 0 Å². The first-order valence-electron chi connectivity index (χ1n) is 7.63. The van der Waals surface area contributed by atoms with Crippen molar-refractivity contribution in [2.75, 3.05) is 26.8 Å². The molecule has 2 N–H and O–H groups in total. The Kier molecular flexibility index (Phi) is 5.61. The highest BCUT2D eigenvalue weighted by Crippen LogP contribution is 2.32. The Bertz CT molecular complexity index is 320. The molecule has 1 amide bonds. The maximum absolute atomic E-state index is 12.8. The molecule has 0 saturated carbocycles. The van der Waals surface area contributed by atoms with Crippen LogP contribution in [0, 0.1) is 10.8 Å². The minimum absolute atomic E-state index is 0.148. The number of carbonyl (C=O) groups is 1. The lowest BCUT2D eigenvalue weighted by Crippen LogP contribution is -2.56. The van der Waals surface area contributed by atoms with Gasteiger partial charge >= 0.3 is 0 Å². The number of amides is 1. The van der Waals surface area contributed by atoms with E-state index >= 15 is 0 Å². The lowest BCUT2D eigenvalue weighted by atomic mass is 9.76. The van der Waals surface area contributed by atoms with Crippen LogP contribution in [0.2, 0.25) is 0 Å². The summed E-state index contributed by atoms with van der Waals surface area (Å²) in [6.07, 6.45) is 2.64. The zero-order chi connectivity index (χ0) is 15.4. The van der Waals surface area contributed by atoms with E-state index < -0.39 is 0 Å². The number of hydrogen-bond acceptors (Lipinski definition) is 3. The van der Waals surface area contributed by atoms with Gasteiger partial charge in [-0.2, -0.15) is 0 Å². The van der Waals surface area contributed by atoms with Gasteiger partial charge in [0, 0.05) is 12.6 Å². The smallest absolute Gasteiger partial charge is 0.229 e. The van der Waals surface area contributed by atoms with Crippen molar-refractivity contribution in [2.24, 2.45) is 10.8 Å². The van der Waals surface area contributed by atoms with Crippen molar-refractivity contribution in [2.45, 2.75) is 59.4 Å². The maximum Gasteiger partial charge on any atom is 0.229 e. The maximum atomic E-state index is 12.8. The van der Waals surface area contributed by atoms with Crippen LogP contribution in [0.4, 0.5) is 0 Å². The lowest BCUT2D eigenvalue weighted by molar-refractivity contribution is -0.138. The number of piperidine rings is 1. The molecule has 0 spiro atoms. The van der Waals surface area contributed by atoms with Crippen LogP contribution in [-0.4, -0.2) is 38.3 Å². The van der Waals surface area contributed by atoms with Crippen molar-refractivity contribution in [3.05, 3.63) is 0 Å². The Hall–Kier alpha value is -0.610. The van der Waals surface area contributed by atoms with E-state index in [4.69, 9.17) is 4.74 Å². The summed E-state index contributed by atoms with van der Waals surface area (Å²) in [5.41, 5.74) is -0.366. The number of methoxy groups -OCH3 is 1. The van der Waals surface area contributed by atoms with Crippen molar-refractivity contribution in [3.8, 4) is 0 Å². The van der Waals surface area contributed by atoms with E-state index in [-0.39, 0.29) is 22.3 Å². The summed E-state index contributed by atoms with van der Waals surface area (Å²) in [4.78, 5) is 12.8. The van der Waals surface area contributed by atoms with Crippen LogP contribution in [0.1, 0.15) is 53.9 Å². The van der Waals surface area contributed by atoms with E-state index in [1.165, 1.54) is 0 Å². The quantitative estimate of drug-likeness (QED) is 0.814. The number of hydrogen-bond donors (Lipinski definition) is 2. The Morgan fingerprint density at radius 1 is 1.20 bits per heavy atom. The number of carbonyl (C=O) groups excluding carboxylic acids is 1. The van der Waals surface area contributed by atoms with E-state index in [1.54, 1.807) is 7.11 Å². The summed E-state index contributed by atoms with van der Waals surface area (Å²) in [5.74, 6) is 0.148. The minimum Gasteiger partial charge on any atom is -0.384 e.